The van der Waals surface area contributed by atoms with Crippen LogP contribution in [0.15, 0.2) is 18.3 Å². The Bertz CT molecular complexity index is 611. The zero-order valence-electron chi connectivity index (χ0n) is 15.0. The lowest BCUT2D eigenvalue weighted by atomic mass is 9.92. The summed E-state index contributed by atoms with van der Waals surface area (Å²) >= 11 is 0. The van der Waals surface area contributed by atoms with Gasteiger partial charge in [0, 0.05) is 25.6 Å². The maximum absolute atomic E-state index is 12.6. The first-order valence-corrected chi connectivity index (χ1v) is 9.86. The van der Waals surface area contributed by atoms with Crippen molar-refractivity contribution in [2.24, 2.45) is 5.92 Å². The summed E-state index contributed by atoms with van der Waals surface area (Å²) in [5, 5.41) is 8.73. The van der Waals surface area contributed by atoms with Crippen LogP contribution in [0.4, 0.5) is 0 Å². The molecule has 4 rings (SSSR count). The molecule has 6 heteroatoms. The normalized spacial score (nSPS) is 25.6. The third-order valence-electron chi connectivity index (χ3n) is 5.91. The number of hydrogen-bond acceptors (Lipinski definition) is 4. The molecule has 0 saturated carbocycles. The molecule has 0 N–H and O–H groups in total. The number of likely N-dealkylation sites (tertiary alicyclic amines) is 2. The fourth-order valence-corrected chi connectivity index (χ4v) is 4.36. The van der Waals surface area contributed by atoms with E-state index in [1.54, 1.807) is 0 Å². The first-order valence-electron chi connectivity index (χ1n) is 9.86. The maximum Gasteiger partial charge on any atom is 0.226 e. The number of amides is 1. The SMILES string of the molecule is O=C([C@@H]1CC=CCC1)N1CCC(n2cc(CN3CCCC3)nn2)CC1. The van der Waals surface area contributed by atoms with Gasteiger partial charge in [-0.15, -0.1) is 5.10 Å². The van der Waals surface area contributed by atoms with Crippen LogP contribution in [0.25, 0.3) is 0 Å². The topological polar surface area (TPSA) is 54.3 Å². The second kappa shape index (κ2) is 7.68. The Hall–Kier alpha value is -1.69. The number of carbonyl (C=O) groups excluding carboxylic acids is 1. The van der Waals surface area contributed by atoms with Crippen molar-refractivity contribution < 1.29 is 4.79 Å². The molecule has 0 aromatic carbocycles. The quantitative estimate of drug-likeness (QED) is 0.788. The van der Waals surface area contributed by atoms with E-state index in [0.717, 1.165) is 57.4 Å². The Balaban J connectivity index is 1.29. The van der Waals surface area contributed by atoms with E-state index in [4.69, 9.17) is 0 Å². The second-order valence-electron chi connectivity index (χ2n) is 7.71. The minimum absolute atomic E-state index is 0.208. The van der Waals surface area contributed by atoms with Crippen LogP contribution in [0.2, 0.25) is 0 Å². The third kappa shape index (κ3) is 3.94. The Morgan fingerprint density at radius 1 is 1.08 bits per heavy atom. The molecule has 136 valence electrons. The molecule has 0 unspecified atom stereocenters. The van der Waals surface area contributed by atoms with Crippen LogP contribution in [0.5, 0.6) is 0 Å². The first-order chi connectivity index (χ1) is 12.3. The predicted molar refractivity (Wildman–Crippen MR) is 95.9 cm³/mol. The molecule has 2 aliphatic heterocycles. The van der Waals surface area contributed by atoms with Gasteiger partial charge in [-0.25, -0.2) is 4.68 Å². The summed E-state index contributed by atoms with van der Waals surface area (Å²) in [5.74, 6) is 0.566. The summed E-state index contributed by atoms with van der Waals surface area (Å²) < 4.78 is 2.04. The first kappa shape index (κ1) is 16.8. The van der Waals surface area contributed by atoms with Gasteiger partial charge in [0.1, 0.15) is 0 Å². The van der Waals surface area contributed by atoms with Crippen LogP contribution in [-0.4, -0.2) is 56.9 Å². The highest BCUT2D eigenvalue weighted by atomic mass is 16.2. The molecule has 1 amide bonds. The molecule has 6 nitrogen and oxygen atoms in total. The van der Waals surface area contributed by atoms with E-state index in [0.29, 0.717) is 11.9 Å². The molecular weight excluding hydrogens is 314 g/mol. The number of carbonyl (C=O) groups is 1. The van der Waals surface area contributed by atoms with Gasteiger partial charge in [0.2, 0.25) is 5.91 Å². The van der Waals surface area contributed by atoms with E-state index in [-0.39, 0.29) is 5.92 Å². The van der Waals surface area contributed by atoms with E-state index in [2.05, 4.69) is 38.5 Å². The summed E-state index contributed by atoms with van der Waals surface area (Å²) in [7, 11) is 0. The highest BCUT2D eigenvalue weighted by Gasteiger charge is 2.29. The summed E-state index contributed by atoms with van der Waals surface area (Å²) in [4.78, 5) is 17.2. The molecule has 2 fully saturated rings. The second-order valence-corrected chi connectivity index (χ2v) is 7.71. The van der Waals surface area contributed by atoms with Crippen LogP contribution in [0.3, 0.4) is 0 Å². The van der Waals surface area contributed by atoms with Gasteiger partial charge in [0.15, 0.2) is 0 Å². The lowest BCUT2D eigenvalue weighted by molar-refractivity contribution is -0.137. The van der Waals surface area contributed by atoms with E-state index < -0.39 is 0 Å². The average Bonchev–Trinajstić information content (AvgIpc) is 3.35. The van der Waals surface area contributed by atoms with E-state index in [1.807, 2.05) is 4.68 Å². The lowest BCUT2D eigenvalue weighted by Crippen LogP contribution is -2.42. The van der Waals surface area contributed by atoms with Crippen molar-refractivity contribution in [1.29, 1.82) is 0 Å². The average molecular weight is 343 g/mol. The molecule has 25 heavy (non-hydrogen) atoms. The van der Waals surface area contributed by atoms with Gasteiger partial charge in [-0.3, -0.25) is 9.69 Å². The molecule has 2 saturated heterocycles. The predicted octanol–water partition coefficient (Wildman–Crippen LogP) is 2.39. The number of hydrogen-bond donors (Lipinski definition) is 0. The number of piperidine rings is 1. The van der Waals surface area contributed by atoms with Crippen LogP contribution in [0.1, 0.15) is 56.7 Å². The zero-order valence-corrected chi connectivity index (χ0v) is 15.0. The fraction of sp³-hybridized carbons (Fsp3) is 0.737. The van der Waals surface area contributed by atoms with Gasteiger partial charge in [-0.1, -0.05) is 17.4 Å². The molecule has 1 aliphatic carbocycles. The van der Waals surface area contributed by atoms with E-state index >= 15 is 0 Å². The fourth-order valence-electron chi connectivity index (χ4n) is 4.36. The molecule has 1 atom stereocenters. The number of allylic oxidation sites excluding steroid dienone is 2. The van der Waals surface area contributed by atoms with Gasteiger partial charge in [0.25, 0.3) is 0 Å². The Kier molecular flexibility index (Phi) is 5.15. The summed E-state index contributed by atoms with van der Waals surface area (Å²) in [6.45, 7) is 5.00. The van der Waals surface area contributed by atoms with Crippen LogP contribution < -0.4 is 0 Å². The molecule has 0 radical (unpaired) electrons. The van der Waals surface area contributed by atoms with E-state index in [9.17, 15) is 4.79 Å². The van der Waals surface area contributed by atoms with Gasteiger partial charge in [0.05, 0.1) is 17.9 Å². The highest BCUT2D eigenvalue weighted by Crippen LogP contribution is 2.26. The molecule has 1 aromatic rings. The van der Waals surface area contributed by atoms with Crippen molar-refractivity contribution in [3.63, 3.8) is 0 Å². The van der Waals surface area contributed by atoms with E-state index in [1.165, 1.54) is 25.9 Å². The summed E-state index contributed by atoms with van der Waals surface area (Å²) in [6.07, 6.45) is 14.0. The van der Waals surface area contributed by atoms with Crippen molar-refractivity contribution in [1.82, 2.24) is 24.8 Å². The monoisotopic (exact) mass is 343 g/mol. The summed E-state index contributed by atoms with van der Waals surface area (Å²) in [6, 6.07) is 0.384. The Labute approximate surface area is 149 Å². The van der Waals surface area contributed by atoms with Gasteiger partial charge >= 0.3 is 0 Å². The number of aromatic nitrogens is 3. The van der Waals surface area contributed by atoms with Crippen LogP contribution >= 0.6 is 0 Å². The van der Waals surface area contributed by atoms with Gasteiger partial charge in [-0.2, -0.15) is 0 Å². The minimum atomic E-state index is 0.208. The maximum atomic E-state index is 12.6. The third-order valence-corrected chi connectivity index (χ3v) is 5.91. The molecule has 0 bridgehead atoms. The Morgan fingerprint density at radius 2 is 1.88 bits per heavy atom. The number of nitrogens with zero attached hydrogens (tertiary/aromatic N) is 5. The van der Waals surface area contributed by atoms with Crippen molar-refractivity contribution >= 4 is 5.91 Å². The smallest absolute Gasteiger partial charge is 0.226 e. The molecule has 1 aromatic heterocycles. The van der Waals surface area contributed by atoms with Crippen molar-refractivity contribution in [2.75, 3.05) is 26.2 Å². The van der Waals surface area contributed by atoms with Crippen molar-refractivity contribution in [2.45, 2.75) is 57.5 Å². The zero-order chi connectivity index (χ0) is 17.1. The largest absolute Gasteiger partial charge is 0.342 e. The molecule has 0 spiro atoms. The van der Waals surface area contributed by atoms with Crippen molar-refractivity contribution in [3.05, 3.63) is 24.0 Å². The van der Waals surface area contributed by atoms with Crippen LogP contribution in [0, 0.1) is 5.92 Å². The van der Waals surface area contributed by atoms with Gasteiger partial charge in [-0.05, 0) is 58.0 Å². The van der Waals surface area contributed by atoms with Crippen molar-refractivity contribution in [3.8, 4) is 0 Å². The Morgan fingerprint density at radius 3 is 2.60 bits per heavy atom. The molecule has 3 heterocycles. The standard InChI is InChI=1S/C19H29N5O/c25-19(16-6-2-1-3-7-16)23-12-8-18(9-13-23)24-15-17(20-21-24)14-22-10-4-5-11-22/h1-2,15-16,18H,3-14H2/t16-/m1/s1. The summed E-state index contributed by atoms with van der Waals surface area (Å²) in [5.41, 5.74) is 1.08. The molecule has 3 aliphatic rings. The highest BCUT2D eigenvalue weighted by molar-refractivity contribution is 5.79. The molecular formula is C19H29N5O. The lowest BCUT2D eigenvalue weighted by Gasteiger charge is -2.34. The van der Waals surface area contributed by atoms with Crippen LogP contribution in [-0.2, 0) is 11.3 Å². The van der Waals surface area contributed by atoms with Gasteiger partial charge < -0.3 is 4.90 Å². The number of rotatable bonds is 4. The minimum Gasteiger partial charge on any atom is -0.342 e.